The van der Waals surface area contributed by atoms with Crippen LogP contribution in [0.2, 0.25) is 5.02 Å². The van der Waals surface area contributed by atoms with Crippen LogP contribution >= 0.6 is 11.6 Å². The molecule has 8 heteroatoms. The average molecular weight is 322 g/mol. The predicted octanol–water partition coefficient (Wildman–Crippen LogP) is 1.64. The molecule has 1 saturated heterocycles. The van der Waals surface area contributed by atoms with Gasteiger partial charge in [0.25, 0.3) is 0 Å². The number of nitrogens with zero attached hydrogens (tertiary/aromatic N) is 2. The minimum absolute atomic E-state index is 0.148. The Kier molecular flexibility index (Phi) is 4.82. The number of aromatic nitrogens is 1. The average Bonchev–Trinajstić information content (AvgIpc) is 2.36. The molecule has 0 amide bonds. The summed E-state index contributed by atoms with van der Waals surface area (Å²) in [6.45, 7) is 1.65. The minimum atomic E-state index is -3.20. The molecule has 20 heavy (non-hydrogen) atoms. The van der Waals surface area contributed by atoms with Crippen molar-refractivity contribution in [3.63, 3.8) is 0 Å². The highest BCUT2D eigenvalue weighted by Crippen LogP contribution is 2.25. The Labute approximate surface area is 123 Å². The fourth-order valence-corrected chi connectivity index (χ4v) is 3.02. The molecule has 0 spiro atoms. The molecule has 1 aliphatic rings. The molecule has 1 aromatic rings. The Balaban J connectivity index is 2.03. The highest BCUT2D eigenvalue weighted by atomic mass is 35.5. The monoisotopic (exact) mass is 321 g/mol. The summed E-state index contributed by atoms with van der Waals surface area (Å²) in [6, 6.07) is 1.24. The van der Waals surface area contributed by atoms with Gasteiger partial charge in [-0.1, -0.05) is 11.6 Å². The molecule has 1 atom stereocenters. The maximum absolute atomic E-state index is 13.8. The SMILES string of the molecule is CS(=O)(=O)NC[C@@H]1CCCN(c2ncc(Cl)cc2F)C1. The van der Waals surface area contributed by atoms with E-state index < -0.39 is 15.8 Å². The molecule has 1 aromatic heterocycles. The normalized spacial score (nSPS) is 20.1. The number of rotatable bonds is 4. The van der Waals surface area contributed by atoms with Gasteiger partial charge >= 0.3 is 0 Å². The van der Waals surface area contributed by atoms with Gasteiger partial charge in [-0.05, 0) is 24.8 Å². The summed E-state index contributed by atoms with van der Waals surface area (Å²) >= 11 is 5.69. The lowest BCUT2D eigenvalue weighted by Gasteiger charge is -2.33. The van der Waals surface area contributed by atoms with Crippen LogP contribution in [0.15, 0.2) is 12.3 Å². The van der Waals surface area contributed by atoms with Crippen molar-refractivity contribution < 1.29 is 12.8 Å². The summed E-state index contributed by atoms with van der Waals surface area (Å²) in [7, 11) is -3.20. The number of piperidine rings is 1. The largest absolute Gasteiger partial charge is 0.354 e. The molecule has 0 bridgehead atoms. The molecule has 1 aliphatic heterocycles. The van der Waals surface area contributed by atoms with Crippen LogP contribution in [-0.2, 0) is 10.0 Å². The van der Waals surface area contributed by atoms with Gasteiger partial charge in [-0.2, -0.15) is 0 Å². The summed E-state index contributed by atoms with van der Waals surface area (Å²) < 4.78 is 38.5. The number of nitrogens with one attached hydrogen (secondary N) is 1. The maximum Gasteiger partial charge on any atom is 0.208 e. The van der Waals surface area contributed by atoms with E-state index in [9.17, 15) is 12.8 Å². The van der Waals surface area contributed by atoms with Crippen molar-refractivity contribution in [2.45, 2.75) is 12.8 Å². The zero-order valence-corrected chi connectivity index (χ0v) is 12.7. The zero-order valence-electron chi connectivity index (χ0n) is 11.1. The quantitative estimate of drug-likeness (QED) is 0.915. The summed E-state index contributed by atoms with van der Waals surface area (Å²) in [6.07, 6.45) is 4.33. The first-order valence-electron chi connectivity index (χ1n) is 6.36. The Bertz CT molecular complexity index is 582. The second-order valence-corrected chi connectivity index (χ2v) is 7.30. The fourth-order valence-electron chi connectivity index (χ4n) is 2.33. The van der Waals surface area contributed by atoms with Crippen LogP contribution in [0, 0.1) is 11.7 Å². The van der Waals surface area contributed by atoms with Gasteiger partial charge in [0, 0.05) is 25.8 Å². The van der Waals surface area contributed by atoms with Crippen LogP contribution in [0.25, 0.3) is 0 Å². The molecular formula is C12H17ClFN3O2S. The fraction of sp³-hybridized carbons (Fsp3) is 0.583. The van der Waals surface area contributed by atoms with E-state index in [-0.39, 0.29) is 16.8 Å². The van der Waals surface area contributed by atoms with Crippen molar-refractivity contribution in [1.29, 1.82) is 0 Å². The van der Waals surface area contributed by atoms with Gasteiger partial charge in [-0.3, -0.25) is 0 Å². The summed E-state index contributed by atoms with van der Waals surface area (Å²) in [5.74, 6) is -0.0250. The zero-order chi connectivity index (χ0) is 14.8. The van der Waals surface area contributed by atoms with E-state index in [0.717, 1.165) is 19.1 Å². The molecule has 0 aromatic carbocycles. The van der Waals surface area contributed by atoms with Crippen LogP contribution in [0.5, 0.6) is 0 Å². The molecule has 0 unspecified atom stereocenters. The van der Waals surface area contributed by atoms with Crippen molar-refractivity contribution in [3.8, 4) is 0 Å². The highest BCUT2D eigenvalue weighted by molar-refractivity contribution is 7.88. The van der Waals surface area contributed by atoms with Crippen molar-refractivity contribution >= 4 is 27.4 Å². The number of hydrogen-bond donors (Lipinski definition) is 1. The van der Waals surface area contributed by atoms with Gasteiger partial charge in [0.15, 0.2) is 11.6 Å². The first kappa shape index (κ1) is 15.5. The third-order valence-electron chi connectivity index (χ3n) is 3.24. The first-order chi connectivity index (χ1) is 9.35. The van der Waals surface area contributed by atoms with Gasteiger partial charge in [0.1, 0.15) is 0 Å². The maximum atomic E-state index is 13.8. The third-order valence-corrected chi connectivity index (χ3v) is 4.14. The van der Waals surface area contributed by atoms with Crippen molar-refractivity contribution in [3.05, 3.63) is 23.1 Å². The number of sulfonamides is 1. The summed E-state index contributed by atoms with van der Waals surface area (Å²) in [4.78, 5) is 5.86. The van der Waals surface area contributed by atoms with E-state index in [1.54, 1.807) is 0 Å². The summed E-state index contributed by atoms with van der Waals surface area (Å²) in [5, 5.41) is 0.263. The number of anilines is 1. The van der Waals surface area contributed by atoms with E-state index in [1.165, 1.54) is 12.3 Å². The van der Waals surface area contributed by atoms with Crippen LogP contribution < -0.4 is 9.62 Å². The lowest BCUT2D eigenvalue weighted by molar-refractivity contribution is 0.406. The van der Waals surface area contributed by atoms with Gasteiger partial charge in [-0.15, -0.1) is 0 Å². The minimum Gasteiger partial charge on any atom is -0.354 e. The van der Waals surface area contributed by atoms with Crippen LogP contribution in [0.4, 0.5) is 10.2 Å². The molecule has 1 fully saturated rings. The van der Waals surface area contributed by atoms with E-state index >= 15 is 0 Å². The van der Waals surface area contributed by atoms with Crippen LogP contribution in [-0.4, -0.2) is 39.3 Å². The molecular weight excluding hydrogens is 305 g/mol. The van der Waals surface area contributed by atoms with Gasteiger partial charge in [0.05, 0.1) is 11.3 Å². The number of halogens is 2. The molecule has 112 valence electrons. The van der Waals surface area contributed by atoms with Gasteiger partial charge in [-0.25, -0.2) is 22.5 Å². The number of pyridine rings is 1. The van der Waals surface area contributed by atoms with Gasteiger partial charge < -0.3 is 4.90 Å². The second kappa shape index (κ2) is 6.24. The molecule has 5 nitrogen and oxygen atoms in total. The van der Waals surface area contributed by atoms with E-state index in [4.69, 9.17) is 11.6 Å². The lowest BCUT2D eigenvalue weighted by atomic mass is 9.98. The topological polar surface area (TPSA) is 62.3 Å². The highest BCUT2D eigenvalue weighted by Gasteiger charge is 2.23. The Hall–Kier alpha value is -0.920. The Morgan fingerprint density at radius 1 is 1.60 bits per heavy atom. The van der Waals surface area contributed by atoms with Crippen molar-refractivity contribution in [1.82, 2.24) is 9.71 Å². The molecule has 0 aliphatic carbocycles. The van der Waals surface area contributed by atoms with E-state index in [2.05, 4.69) is 9.71 Å². The standard InChI is InChI=1S/C12H17ClFN3O2S/c1-20(18,19)16-6-9-3-2-4-17(8-9)12-11(14)5-10(13)7-15-12/h5,7,9,16H,2-4,6,8H2,1H3/t9-/m0/s1. The third kappa shape index (κ3) is 4.29. The molecule has 0 saturated carbocycles. The van der Waals surface area contributed by atoms with Crippen LogP contribution in [0.1, 0.15) is 12.8 Å². The van der Waals surface area contributed by atoms with Crippen molar-refractivity contribution in [2.24, 2.45) is 5.92 Å². The van der Waals surface area contributed by atoms with E-state index in [0.29, 0.717) is 19.6 Å². The predicted molar refractivity (Wildman–Crippen MR) is 77.0 cm³/mol. The smallest absolute Gasteiger partial charge is 0.208 e. The Morgan fingerprint density at radius 3 is 3.00 bits per heavy atom. The molecule has 2 heterocycles. The molecule has 0 radical (unpaired) electrons. The number of hydrogen-bond acceptors (Lipinski definition) is 4. The molecule has 2 rings (SSSR count). The Morgan fingerprint density at radius 2 is 2.35 bits per heavy atom. The second-order valence-electron chi connectivity index (χ2n) is 5.03. The lowest BCUT2D eigenvalue weighted by Crippen LogP contribution is -2.41. The van der Waals surface area contributed by atoms with Crippen molar-refractivity contribution in [2.75, 3.05) is 30.8 Å². The van der Waals surface area contributed by atoms with E-state index in [1.807, 2.05) is 4.90 Å². The van der Waals surface area contributed by atoms with Crippen LogP contribution in [0.3, 0.4) is 0 Å². The first-order valence-corrected chi connectivity index (χ1v) is 8.63. The summed E-state index contributed by atoms with van der Waals surface area (Å²) in [5.41, 5.74) is 0. The van der Waals surface area contributed by atoms with Gasteiger partial charge in [0.2, 0.25) is 10.0 Å². The molecule has 1 N–H and O–H groups in total.